The number of rotatable bonds is 4. The average Bonchev–Trinajstić information content (AvgIpc) is 2.63. The van der Waals surface area contributed by atoms with E-state index in [9.17, 15) is 4.79 Å². The molecule has 0 aliphatic rings. The van der Waals surface area contributed by atoms with E-state index in [1.54, 1.807) is 12.4 Å². The van der Waals surface area contributed by atoms with E-state index < -0.39 is 0 Å². The Morgan fingerprint density at radius 3 is 3.14 bits per heavy atom. The quantitative estimate of drug-likeness (QED) is 0.538. The summed E-state index contributed by atoms with van der Waals surface area (Å²) in [7, 11) is 1.35. The predicted octanol–water partition coefficient (Wildman–Crippen LogP) is 1.48. The molecule has 0 N–H and O–H groups in total. The van der Waals surface area contributed by atoms with Crippen LogP contribution >= 0.6 is 0 Å². The van der Waals surface area contributed by atoms with Gasteiger partial charge in [-0.3, -0.25) is 0 Å². The highest BCUT2D eigenvalue weighted by molar-refractivity contribution is 5.86. The van der Waals surface area contributed by atoms with Crippen molar-refractivity contribution in [1.29, 1.82) is 0 Å². The Morgan fingerprint density at radius 1 is 1.71 bits per heavy atom. The molecule has 4 nitrogen and oxygen atoms in total. The van der Waals surface area contributed by atoms with Crippen molar-refractivity contribution in [3.63, 3.8) is 0 Å². The number of hydrogen-bond acceptors (Lipinski definition) is 3. The topological polar surface area (TPSA) is 44.1 Å². The third-order valence-corrected chi connectivity index (χ3v) is 1.73. The lowest BCUT2D eigenvalue weighted by atomic mass is 10.4. The summed E-state index contributed by atoms with van der Waals surface area (Å²) in [5.74, 6) is -0.366. The minimum absolute atomic E-state index is 0.366. The second-order valence-corrected chi connectivity index (χ2v) is 2.89. The normalized spacial score (nSPS) is 10.7. The highest BCUT2D eigenvalue weighted by Crippen LogP contribution is 2.00. The number of nitrogens with zero attached hydrogens (tertiary/aromatic N) is 2. The summed E-state index contributed by atoms with van der Waals surface area (Å²) in [5, 5.41) is 0. The lowest BCUT2D eigenvalue weighted by Crippen LogP contribution is -1.93. The molecule has 0 atom stereocenters. The first kappa shape index (κ1) is 10.5. The summed E-state index contributed by atoms with van der Waals surface area (Å²) in [6.45, 7) is 3.04. The van der Waals surface area contributed by atoms with Crippen molar-refractivity contribution in [3.8, 4) is 0 Å². The molecular formula is C10H14N2O2. The fraction of sp³-hybridized carbons (Fsp3) is 0.400. The van der Waals surface area contributed by atoms with Gasteiger partial charge in [-0.2, -0.15) is 0 Å². The molecule has 0 spiro atoms. The molecule has 0 amide bonds. The van der Waals surface area contributed by atoms with Crippen molar-refractivity contribution < 1.29 is 9.53 Å². The minimum atomic E-state index is -0.366. The van der Waals surface area contributed by atoms with Crippen molar-refractivity contribution >= 4 is 12.0 Å². The molecule has 76 valence electrons. The Bertz CT molecular complexity index is 329. The maximum atomic E-state index is 10.8. The summed E-state index contributed by atoms with van der Waals surface area (Å²) >= 11 is 0. The number of aromatic nitrogens is 2. The standard InChI is InChI=1S/C10H14N2O2/c1-3-6-12-7-9(11-8-12)4-5-10(13)14-2/h4-5,7-8H,3,6H2,1-2H3/b5-4+. The zero-order valence-corrected chi connectivity index (χ0v) is 8.43. The van der Waals surface area contributed by atoms with Gasteiger partial charge < -0.3 is 9.30 Å². The van der Waals surface area contributed by atoms with Crippen LogP contribution in [0.25, 0.3) is 6.08 Å². The van der Waals surface area contributed by atoms with Gasteiger partial charge >= 0.3 is 5.97 Å². The molecule has 0 bridgehead atoms. The van der Waals surface area contributed by atoms with Gasteiger partial charge in [0.05, 0.1) is 19.1 Å². The van der Waals surface area contributed by atoms with E-state index in [1.807, 2.05) is 10.8 Å². The first-order valence-electron chi connectivity index (χ1n) is 4.54. The lowest BCUT2D eigenvalue weighted by Gasteiger charge is -1.94. The molecule has 1 rings (SSSR count). The molecule has 0 aliphatic heterocycles. The SMILES string of the molecule is CCCn1cnc(/C=C/C(=O)OC)c1. The Labute approximate surface area is 83.2 Å². The van der Waals surface area contributed by atoms with Crippen LogP contribution in [0.3, 0.4) is 0 Å². The van der Waals surface area contributed by atoms with Crippen LogP contribution in [0.4, 0.5) is 0 Å². The maximum absolute atomic E-state index is 10.8. The van der Waals surface area contributed by atoms with Crippen LogP contribution in [0.2, 0.25) is 0 Å². The summed E-state index contributed by atoms with van der Waals surface area (Å²) in [6, 6.07) is 0. The van der Waals surface area contributed by atoms with Crippen LogP contribution in [0.1, 0.15) is 19.0 Å². The Hall–Kier alpha value is -1.58. The molecule has 0 saturated carbocycles. The highest BCUT2D eigenvalue weighted by atomic mass is 16.5. The fourth-order valence-corrected chi connectivity index (χ4v) is 1.07. The van der Waals surface area contributed by atoms with Crippen LogP contribution in [0.5, 0.6) is 0 Å². The number of esters is 1. The van der Waals surface area contributed by atoms with Crippen molar-refractivity contribution in [3.05, 3.63) is 24.3 Å². The van der Waals surface area contributed by atoms with Crippen LogP contribution in [-0.4, -0.2) is 22.6 Å². The van der Waals surface area contributed by atoms with Gasteiger partial charge in [-0.05, 0) is 12.5 Å². The smallest absolute Gasteiger partial charge is 0.330 e. The third-order valence-electron chi connectivity index (χ3n) is 1.73. The summed E-state index contributed by atoms with van der Waals surface area (Å²) in [4.78, 5) is 14.9. The first-order chi connectivity index (χ1) is 6.76. The molecule has 14 heavy (non-hydrogen) atoms. The Kier molecular flexibility index (Phi) is 3.91. The van der Waals surface area contributed by atoms with Crippen LogP contribution < -0.4 is 0 Å². The minimum Gasteiger partial charge on any atom is -0.466 e. The second-order valence-electron chi connectivity index (χ2n) is 2.89. The van der Waals surface area contributed by atoms with Crippen LogP contribution in [-0.2, 0) is 16.1 Å². The molecule has 0 unspecified atom stereocenters. The maximum Gasteiger partial charge on any atom is 0.330 e. The van der Waals surface area contributed by atoms with Crippen LogP contribution in [0, 0.1) is 0 Å². The van der Waals surface area contributed by atoms with Gasteiger partial charge in [0, 0.05) is 18.8 Å². The van der Waals surface area contributed by atoms with Gasteiger partial charge in [0.15, 0.2) is 0 Å². The number of ether oxygens (including phenoxy) is 1. The van der Waals surface area contributed by atoms with Gasteiger partial charge in [0.25, 0.3) is 0 Å². The van der Waals surface area contributed by atoms with Gasteiger partial charge in [-0.25, -0.2) is 9.78 Å². The monoisotopic (exact) mass is 194 g/mol. The van der Waals surface area contributed by atoms with Gasteiger partial charge in [-0.1, -0.05) is 6.92 Å². The molecule has 0 radical (unpaired) electrons. The van der Waals surface area contributed by atoms with Crippen molar-refractivity contribution in [2.75, 3.05) is 7.11 Å². The van der Waals surface area contributed by atoms with Gasteiger partial charge in [0.1, 0.15) is 0 Å². The van der Waals surface area contributed by atoms with E-state index in [1.165, 1.54) is 13.2 Å². The van der Waals surface area contributed by atoms with E-state index in [0.29, 0.717) is 0 Å². The fourth-order valence-electron chi connectivity index (χ4n) is 1.07. The van der Waals surface area contributed by atoms with Crippen molar-refractivity contribution in [2.45, 2.75) is 19.9 Å². The van der Waals surface area contributed by atoms with E-state index in [2.05, 4.69) is 16.6 Å². The number of hydrogen-bond donors (Lipinski definition) is 0. The van der Waals surface area contributed by atoms with Gasteiger partial charge in [-0.15, -0.1) is 0 Å². The predicted molar refractivity (Wildman–Crippen MR) is 53.6 cm³/mol. The largest absolute Gasteiger partial charge is 0.466 e. The number of aryl methyl sites for hydroxylation is 1. The van der Waals surface area contributed by atoms with E-state index in [4.69, 9.17) is 0 Å². The average molecular weight is 194 g/mol. The van der Waals surface area contributed by atoms with E-state index in [-0.39, 0.29) is 5.97 Å². The first-order valence-corrected chi connectivity index (χ1v) is 4.54. The highest BCUT2D eigenvalue weighted by Gasteiger charge is 1.95. The van der Waals surface area contributed by atoms with Gasteiger partial charge in [0.2, 0.25) is 0 Å². The molecule has 0 fully saturated rings. The summed E-state index contributed by atoms with van der Waals surface area (Å²) < 4.78 is 6.45. The number of carbonyl (C=O) groups is 1. The zero-order valence-electron chi connectivity index (χ0n) is 8.43. The van der Waals surface area contributed by atoms with Crippen LogP contribution in [0.15, 0.2) is 18.6 Å². The number of methoxy groups -OCH3 is 1. The molecule has 1 aromatic heterocycles. The number of carbonyl (C=O) groups excluding carboxylic acids is 1. The van der Waals surface area contributed by atoms with E-state index >= 15 is 0 Å². The summed E-state index contributed by atoms with van der Waals surface area (Å²) in [5.41, 5.74) is 0.767. The molecule has 4 heteroatoms. The molecule has 1 heterocycles. The second kappa shape index (κ2) is 5.21. The lowest BCUT2D eigenvalue weighted by molar-refractivity contribution is -0.134. The molecule has 0 saturated heterocycles. The molecule has 0 aromatic carbocycles. The van der Waals surface area contributed by atoms with Crippen molar-refractivity contribution in [2.24, 2.45) is 0 Å². The molecular weight excluding hydrogens is 180 g/mol. The third kappa shape index (κ3) is 3.05. The Balaban J connectivity index is 2.59. The number of imidazole rings is 1. The zero-order chi connectivity index (χ0) is 10.4. The van der Waals surface area contributed by atoms with E-state index in [0.717, 1.165) is 18.7 Å². The van der Waals surface area contributed by atoms with Crippen molar-refractivity contribution in [1.82, 2.24) is 9.55 Å². The Morgan fingerprint density at radius 2 is 2.50 bits per heavy atom. The molecule has 0 aliphatic carbocycles. The molecule has 1 aromatic rings. The summed E-state index contributed by atoms with van der Waals surface area (Å²) in [6.07, 6.45) is 7.70.